The van der Waals surface area contributed by atoms with Gasteiger partial charge in [0.05, 0.1) is 16.6 Å². The van der Waals surface area contributed by atoms with E-state index in [1.165, 1.54) is 12.3 Å². The van der Waals surface area contributed by atoms with Gasteiger partial charge in [0.2, 0.25) is 0 Å². The number of aromatic carboxylic acids is 1. The van der Waals surface area contributed by atoms with Crippen LogP contribution in [0.3, 0.4) is 0 Å². The molecule has 0 aliphatic carbocycles. The molecule has 0 radical (unpaired) electrons. The Balaban J connectivity index is 2.77. The molecule has 2 aromatic rings. The van der Waals surface area contributed by atoms with Gasteiger partial charge in [0.15, 0.2) is 11.3 Å². The highest BCUT2D eigenvalue weighted by molar-refractivity contribution is 6.35. The lowest BCUT2D eigenvalue weighted by atomic mass is 10.3. The Morgan fingerprint density at radius 1 is 1.62 bits per heavy atom. The number of aromatic amines is 1. The van der Waals surface area contributed by atoms with Gasteiger partial charge in [0, 0.05) is 0 Å². The minimum Gasteiger partial charge on any atom is -0.477 e. The van der Waals surface area contributed by atoms with Crippen LogP contribution >= 0.6 is 11.6 Å². The zero-order valence-electron chi connectivity index (χ0n) is 6.28. The maximum atomic E-state index is 10.6. The summed E-state index contributed by atoms with van der Waals surface area (Å²) in [7, 11) is 0. The van der Waals surface area contributed by atoms with E-state index >= 15 is 0 Å². The van der Waals surface area contributed by atoms with E-state index in [2.05, 4.69) is 15.2 Å². The second-order valence-corrected chi connectivity index (χ2v) is 2.83. The SMILES string of the molecule is O=C(O)c1cc(Cl)c2cn[nH]c2n1. The third-order valence-electron chi connectivity index (χ3n) is 1.59. The van der Waals surface area contributed by atoms with E-state index in [1.54, 1.807) is 0 Å². The molecule has 0 atom stereocenters. The minimum absolute atomic E-state index is 0.0956. The number of H-pyrrole nitrogens is 1. The number of fused-ring (bicyclic) bond motifs is 1. The third kappa shape index (κ3) is 1.23. The number of hydrogen-bond acceptors (Lipinski definition) is 3. The smallest absolute Gasteiger partial charge is 0.354 e. The largest absolute Gasteiger partial charge is 0.477 e. The Bertz CT molecular complexity index is 480. The maximum Gasteiger partial charge on any atom is 0.354 e. The molecule has 0 saturated heterocycles. The Kier molecular flexibility index (Phi) is 1.66. The zero-order valence-corrected chi connectivity index (χ0v) is 7.04. The topological polar surface area (TPSA) is 78.9 Å². The number of carbonyl (C=O) groups is 1. The first-order valence-electron chi connectivity index (χ1n) is 3.41. The fraction of sp³-hybridized carbons (Fsp3) is 0. The Morgan fingerprint density at radius 3 is 3.08 bits per heavy atom. The fourth-order valence-corrected chi connectivity index (χ4v) is 1.24. The van der Waals surface area contributed by atoms with Gasteiger partial charge in [-0.3, -0.25) is 5.10 Å². The molecule has 2 heterocycles. The second kappa shape index (κ2) is 2.70. The van der Waals surface area contributed by atoms with Gasteiger partial charge < -0.3 is 5.11 Å². The molecule has 0 aromatic carbocycles. The van der Waals surface area contributed by atoms with Crippen LogP contribution in [0, 0.1) is 0 Å². The number of pyridine rings is 1. The molecule has 66 valence electrons. The highest BCUT2D eigenvalue weighted by Gasteiger charge is 2.10. The van der Waals surface area contributed by atoms with E-state index in [9.17, 15) is 4.79 Å². The molecule has 0 bridgehead atoms. The Hall–Kier alpha value is -1.62. The normalized spacial score (nSPS) is 10.5. The molecule has 0 aliphatic rings. The van der Waals surface area contributed by atoms with Crippen LogP contribution in [-0.2, 0) is 0 Å². The maximum absolute atomic E-state index is 10.6. The first-order chi connectivity index (χ1) is 6.18. The summed E-state index contributed by atoms with van der Waals surface area (Å²) < 4.78 is 0. The van der Waals surface area contributed by atoms with Crippen LogP contribution in [-0.4, -0.2) is 26.3 Å². The second-order valence-electron chi connectivity index (χ2n) is 2.43. The molecule has 0 aliphatic heterocycles. The lowest BCUT2D eigenvalue weighted by molar-refractivity contribution is 0.0691. The lowest BCUT2D eigenvalue weighted by Crippen LogP contribution is -1.99. The minimum atomic E-state index is -1.11. The summed E-state index contributed by atoms with van der Waals surface area (Å²) in [6, 6.07) is 1.29. The van der Waals surface area contributed by atoms with E-state index in [1.807, 2.05) is 0 Å². The summed E-state index contributed by atoms with van der Waals surface area (Å²) in [5.74, 6) is -1.11. The number of carboxylic acid groups (broad SMARTS) is 1. The van der Waals surface area contributed by atoms with Crippen LogP contribution in [0.5, 0.6) is 0 Å². The number of carboxylic acids is 1. The zero-order chi connectivity index (χ0) is 9.42. The number of nitrogens with one attached hydrogen (secondary N) is 1. The average molecular weight is 198 g/mol. The van der Waals surface area contributed by atoms with Crippen molar-refractivity contribution in [2.75, 3.05) is 0 Å². The number of hydrogen-bond donors (Lipinski definition) is 2. The molecule has 0 fully saturated rings. The van der Waals surface area contributed by atoms with Crippen LogP contribution in [0.25, 0.3) is 11.0 Å². The molecule has 0 amide bonds. The van der Waals surface area contributed by atoms with Gasteiger partial charge in [-0.15, -0.1) is 0 Å². The van der Waals surface area contributed by atoms with Crippen molar-refractivity contribution in [1.82, 2.24) is 15.2 Å². The third-order valence-corrected chi connectivity index (χ3v) is 1.90. The van der Waals surface area contributed by atoms with Gasteiger partial charge in [0.25, 0.3) is 0 Å². The number of halogens is 1. The molecule has 0 saturated carbocycles. The van der Waals surface area contributed by atoms with Crippen LogP contribution in [0.1, 0.15) is 10.5 Å². The van der Waals surface area contributed by atoms with E-state index in [4.69, 9.17) is 16.7 Å². The summed E-state index contributed by atoms with van der Waals surface area (Å²) in [4.78, 5) is 14.4. The number of nitrogens with zero attached hydrogens (tertiary/aromatic N) is 2. The summed E-state index contributed by atoms with van der Waals surface area (Å²) in [6.45, 7) is 0. The molecule has 13 heavy (non-hydrogen) atoms. The Labute approximate surface area is 77.4 Å². The van der Waals surface area contributed by atoms with E-state index in [-0.39, 0.29) is 5.69 Å². The highest BCUT2D eigenvalue weighted by atomic mass is 35.5. The van der Waals surface area contributed by atoms with Crippen molar-refractivity contribution in [2.24, 2.45) is 0 Å². The highest BCUT2D eigenvalue weighted by Crippen LogP contribution is 2.20. The van der Waals surface area contributed by atoms with Crippen LogP contribution in [0.2, 0.25) is 5.02 Å². The van der Waals surface area contributed by atoms with Gasteiger partial charge in [-0.1, -0.05) is 11.6 Å². The molecule has 2 rings (SSSR count). The van der Waals surface area contributed by atoms with E-state index in [0.29, 0.717) is 16.1 Å². The van der Waals surface area contributed by atoms with Crippen molar-refractivity contribution < 1.29 is 9.90 Å². The van der Waals surface area contributed by atoms with Crippen molar-refractivity contribution in [3.63, 3.8) is 0 Å². The molecule has 0 spiro atoms. The molecular formula is C7H4ClN3O2. The van der Waals surface area contributed by atoms with Crippen molar-refractivity contribution in [2.45, 2.75) is 0 Å². The monoisotopic (exact) mass is 197 g/mol. The van der Waals surface area contributed by atoms with Gasteiger partial charge >= 0.3 is 5.97 Å². The van der Waals surface area contributed by atoms with Gasteiger partial charge in [-0.25, -0.2) is 9.78 Å². The van der Waals surface area contributed by atoms with Crippen molar-refractivity contribution in [3.8, 4) is 0 Å². The summed E-state index contributed by atoms with van der Waals surface area (Å²) >= 11 is 5.78. The van der Waals surface area contributed by atoms with Crippen LogP contribution < -0.4 is 0 Å². The van der Waals surface area contributed by atoms with Gasteiger partial charge in [-0.05, 0) is 6.07 Å². The van der Waals surface area contributed by atoms with E-state index < -0.39 is 5.97 Å². The van der Waals surface area contributed by atoms with Gasteiger partial charge in [0.1, 0.15) is 0 Å². The predicted octanol–water partition coefficient (Wildman–Crippen LogP) is 1.31. The van der Waals surface area contributed by atoms with E-state index in [0.717, 1.165) is 0 Å². The van der Waals surface area contributed by atoms with Crippen LogP contribution in [0.4, 0.5) is 0 Å². The molecular weight excluding hydrogens is 194 g/mol. The summed E-state index contributed by atoms with van der Waals surface area (Å²) in [5.41, 5.74) is 0.284. The van der Waals surface area contributed by atoms with Crippen molar-refractivity contribution >= 4 is 28.6 Å². The lowest BCUT2D eigenvalue weighted by Gasteiger charge is -1.95. The quantitative estimate of drug-likeness (QED) is 0.723. The Morgan fingerprint density at radius 2 is 2.38 bits per heavy atom. The van der Waals surface area contributed by atoms with Crippen molar-refractivity contribution in [1.29, 1.82) is 0 Å². The summed E-state index contributed by atoms with van der Waals surface area (Å²) in [6.07, 6.45) is 1.50. The van der Waals surface area contributed by atoms with Crippen LogP contribution in [0.15, 0.2) is 12.3 Å². The molecule has 0 unspecified atom stereocenters. The molecule has 6 heteroatoms. The fourth-order valence-electron chi connectivity index (χ4n) is 0.999. The molecule has 2 aromatic heterocycles. The molecule has 2 N–H and O–H groups in total. The number of rotatable bonds is 1. The average Bonchev–Trinajstić information content (AvgIpc) is 2.51. The first kappa shape index (κ1) is 8.00. The number of aromatic nitrogens is 3. The molecule has 5 nitrogen and oxygen atoms in total. The predicted molar refractivity (Wildman–Crippen MR) is 45.9 cm³/mol. The first-order valence-corrected chi connectivity index (χ1v) is 3.79. The standard InChI is InChI=1S/C7H4ClN3O2/c8-4-1-5(7(12)13)10-6-3(4)2-9-11-6/h1-2H,(H,12,13)(H,9,10,11). The summed E-state index contributed by atoms with van der Waals surface area (Å²) in [5, 5.41) is 15.8. The van der Waals surface area contributed by atoms with Crippen molar-refractivity contribution in [3.05, 3.63) is 23.0 Å². The van der Waals surface area contributed by atoms with Gasteiger partial charge in [-0.2, -0.15) is 5.10 Å².